The number of hydrogen-bond acceptors (Lipinski definition) is 4. The Hall–Kier alpha value is -1.04. The average molecular weight is 350 g/mol. The van der Waals surface area contributed by atoms with Crippen LogP contribution in [0.15, 0.2) is 36.7 Å². The van der Waals surface area contributed by atoms with E-state index in [4.69, 9.17) is 38.8 Å². The first-order valence-corrected chi connectivity index (χ1v) is 6.78. The molecule has 1 heterocycles. The molecule has 1 atom stereocenters. The summed E-state index contributed by atoms with van der Waals surface area (Å²) in [5.74, 6) is 0.990. The molecular formula is C14H15Cl3N2O2. The van der Waals surface area contributed by atoms with Crippen molar-refractivity contribution < 1.29 is 9.84 Å². The average Bonchev–Trinajstić information content (AvgIpc) is 2.44. The number of halogens is 3. The molecule has 0 aliphatic carbocycles. The molecule has 0 amide bonds. The predicted octanol–water partition coefficient (Wildman–Crippen LogP) is 3.46. The number of hydrogen-bond donors (Lipinski definition) is 2. The monoisotopic (exact) mass is 348 g/mol. The van der Waals surface area contributed by atoms with Crippen molar-refractivity contribution in [2.75, 3.05) is 6.61 Å². The van der Waals surface area contributed by atoms with Gasteiger partial charge in [0, 0.05) is 18.4 Å². The van der Waals surface area contributed by atoms with Gasteiger partial charge in [0.25, 0.3) is 0 Å². The fraction of sp³-hybridized carbons (Fsp3) is 0.214. The number of nitrogens with zero attached hydrogens (tertiary/aromatic N) is 1. The Kier molecular flexibility index (Phi) is 7.22. The van der Waals surface area contributed by atoms with Crippen molar-refractivity contribution in [1.29, 1.82) is 0 Å². The highest BCUT2D eigenvalue weighted by Crippen LogP contribution is 2.35. The molecule has 1 unspecified atom stereocenters. The Morgan fingerprint density at radius 1 is 1.14 bits per heavy atom. The second kappa shape index (κ2) is 8.41. The van der Waals surface area contributed by atoms with Gasteiger partial charge in [-0.1, -0.05) is 35.3 Å². The fourth-order valence-corrected chi connectivity index (χ4v) is 2.12. The normalized spacial score (nSPS) is 11.6. The maximum Gasteiger partial charge on any atom is 0.167 e. The lowest BCUT2D eigenvalue weighted by atomic mass is 10.1. The van der Waals surface area contributed by atoms with Crippen molar-refractivity contribution in [2.24, 2.45) is 5.73 Å². The lowest BCUT2D eigenvalue weighted by Crippen LogP contribution is -2.26. The van der Waals surface area contributed by atoms with Gasteiger partial charge in [0.2, 0.25) is 0 Å². The van der Waals surface area contributed by atoms with Gasteiger partial charge in [0.05, 0.1) is 6.61 Å². The minimum absolute atomic E-state index is 0. The van der Waals surface area contributed by atoms with Crippen LogP contribution in [0, 0.1) is 0 Å². The van der Waals surface area contributed by atoms with Crippen molar-refractivity contribution in [3.8, 4) is 11.5 Å². The van der Waals surface area contributed by atoms with Crippen LogP contribution in [0.5, 0.6) is 11.5 Å². The number of benzene rings is 1. The minimum atomic E-state index is -0.258. The highest BCUT2D eigenvalue weighted by molar-refractivity contribution is 6.36. The number of rotatable bonds is 5. The zero-order chi connectivity index (χ0) is 14.5. The van der Waals surface area contributed by atoms with Crippen LogP contribution in [0.25, 0.3) is 0 Å². The summed E-state index contributed by atoms with van der Waals surface area (Å²) in [6.45, 7) is -0.0412. The third kappa shape index (κ3) is 5.02. The summed E-state index contributed by atoms with van der Waals surface area (Å²) in [5.41, 5.74) is 6.70. The van der Waals surface area contributed by atoms with Crippen LogP contribution in [-0.4, -0.2) is 22.7 Å². The van der Waals surface area contributed by atoms with Crippen LogP contribution in [0.3, 0.4) is 0 Å². The van der Waals surface area contributed by atoms with E-state index in [9.17, 15) is 0 Å². The molecule has 0 aliphatic heterocycles. The van der Waals surface area contributed by atoms with Gasteiger partial charge >= 0.3 is 0 Å². The molecule has 0 aliphatic rings. The molecule has 0 radical (unpaired) electrons. The highest BCUT2D eigenvalue weighted by atomic mass is 35.5. The second-order valence-electron chi connectivity index (χ2n) is 4.33. The van der Waals surface area contributed by atoms with Gasteiger partial charge in [-0.3, -0.25) is 4.98 Å². The molecule has 0 saturated heterocycles. The zero-order valence-electron chi connectivity index (χ0n) is 11.0. The van der Waals surface area contributed by atoms with Crippen molar-refractivity contribution >= 4 is 35.6 Å². The molecule has 0 bridgehead atoms. The fourth-order valence-electron chi connectivity index (χ4n) is 1.68. The van der Waals surface area contributed by atoms with E-state index in [0.717, 1.165) is 5.56 Å². The second-order valence-corrected chi connectivity index (χ2v) is 5.14. The molecule has 0 saturated carbocycles. The van der Waals surface area contributed by atoms with Gasteiger partial charge in [0.1, 0.15) is 15.8 Å². The molecule has 21 heavy (non-hydrogen) atoms. The van der Waals surface area contributed by atoms with E-state index in [1.165, 1.54) is 12.4 Å². The van der Waals surface area contributed by atoms with E-state index in [-0.39, 0.29) is 25.1 Å². The summed E-state index contributed by atoms with van der Waals surface area (Å²) in [6, 6.07) is 7.10. The van der Waals surface area contributed by atoms with Gasteiger partial charge in [-0.05, 0) is 24.1 Å². The highest BCUT2D eigenvalue weighted by Gasteiger charge is 2.09. The molecule has 3 N–H and O–H groups in total. The number of aliphatic hydroxyl groups excluding tert-OH is 1. The van der Waals surface area contributed by atoms with Crippen LogP contribution in [0.1, 0.15) is 5.56 Å². The molecule has 1 aromatic heterocycles. The van der Waals surface area contributed by atoms with E-state index in [2.05, 4.69) is 4.98 Å². The largest absolute Gasteiger partial charge is 0.454 e. The standard InChI is InChI=1S/C14H14Cl2N2O2.ClH/c15-12-6-18-7-13(16)14(12)20-11-3-1-9(2-4-11)5-10(17)8-19;/h1-4,6-7,10,19H,5,8,17H2;1H. The van der Waals surface area contributed by atoms with Crippen LogP contribution in [0.2, 0.25) is 10.0 Å². The molecule has 0 spiro atoms. The molecular weight excluding hydrogens is 335 g/mol. The third-order valence-electron chi connectivity index (χ3n) is 2.69. The maximum atomic E-state index is 8.92. The van der Waals surface area contributed by atoms with Crippen LogP contribution in [-0.2, 0) is 6.42 Å². The smallest absolute Gasteiger partial charge is 0.167 e. The summed E-state index contributed by atoms with van der Waals surface area (Å²) >= 11 is 12.0. The van der Waals surface area contributed by atoms with Crippen LogP contribution >= 0.6 is 35.6 Å². The number of ether oxygens (including phenoxy) is 1. The molecule has 0 fully saturated rings. The maximum absolute atomic E-state index is 8.92. The molecule has 2 rings (SSSR count). The van der Waals surface area contributed by atoms with Gasteiger partial charge in [-0.15, -0.1) is 12.4 Å². The van der Waals surface area contributed by atoms with Gasteiger partial charge in [0.15, 0.2) is 5.75 Å². The van der Waals surface area contributed by atoms with Crippen molar-refractivity contribution in [1.82, 2.24) is 4.98 Å². The summed E-state index contributed by atoms with van der Waals surface area (Å²) in [5, 5.41) is 9.62. The van der Waals surface area contributed by atoms with E-state index >= 15 is 0 Å². The summed E-state index contributed by atoms with van der Waals surface area (Å²) in [7, 11) is 0. The number of nitrogens with two attached hydrogens (primary N) is 1. The van der Waals surface area contributed by atoms with Gasteiger partial charge in [-0.2, -0.15) is 0 Å². The quantitative estimate of drug-likeness (QED) is 0.867. The molecule has 1 aromatic carbocycles. The first kappa shape index (κ1) is 18.0. The molecule has 2 aromatic rings. The lowest BCUT2D eigenvalue weighted by molar-refractivity contribution is 0.265. The Morgan fingerprint density at radius 3 is 2.24 bits per heavy atom. The Morgan fingerprint density at radius 2 is 1.71 bits per heavy atom. The molecule has 4 nitrogen and oxygen atoms in total. The predicted molar refractivity (Wildman–Crippen MR) is 86.8 cm³/mol. The van der Waals surface area contributed by atoms with E-state index in [0.29, 0.717) is 28.0 Å². The summed E-state index contributed by atoms with van der Waals surface area (Å²) in [4.78, 5) is 3.86. The van der Waals surface area contributed by atoms with Gasteiger partial charge in [-0.25, -0.2) is 0 Å². The Labute approximate surface area is 139 Å². The first-order chi connectivity index (χ1) is 9.60. The van der Waals surface area contributed by atoms with E-state index < -0.39 is 0 Å². The number of aromatic nitrogens is 1. The summed E-state index contributed by atoms with van der Waals surface area (Å²) < 4.78 is 5.64. The van der Waals surface area contributed by atoms with E-state index in [1.54, 1.807) is 12.1 Å². The number of pyridine rings is 1. The van der Waals surface area contributed by atoms with Crippen molar-refractivity contribution in [3.05, 3.63) is 52.3 Å². The van der Waals surface area contributed by atoms with Crippen molar-refractivity contribution in [3.63, 3.8) is 0 Å². The van der Waals surface area contributed by atoms with Crippen LogP contribution in [0.4, 0.5) is 0 Å². The number of aliphatic hydroxyl groups is 1. The lowest BCUT2D eigenvalue weighted by Gasteiger charge is -2.11. The Bertz CT molecular complexity index is 559. The van der Waals surface area contributed by atoms with Crippen molar-refractivity contribution in [2.45, 2.75) is 12.5 Å². The minimum Gasteiger partial charge on any atom is -0.454 e. The zero-order valence-corrected chi connectivity index (χ0v) is 13.3. The Balaban J connectivity index is 0.00000220. The summed E-state index contributed by atoms with van der Waals surface area (Å²) in [6.07, 6.45) is 3.54. The SMILES string of the molecule is Cl.NC(CO)Cc1ccc(Oc2c(Cl)cncc2Cl)cc1. The molecule has 7 heteroatoms. The van der Waals surface area contributed by atoms with E-state index in [1.807, 2.05) is 12.1 Å². The third-order valence-corrected chi connectivity index (χ3v) is 3.22. The first-order valence-electron chi connectivity index (χ1n) is 6.02. The van der Waals surface area contributed by atoms with Crippen LogP contribution < -0.4 is 10.5 Å². The van der Waals surface area contributed by atoms with Gasteiger partial charge < -0.3 is 15.6 Å². The molecule has 114 valence electrons. The topological polar surface area (TPSA) is 68.4 Å².